The minimum Gasteiger partial charge on any atom is -0.338 e. The van der Waals surface area contributed by atoms with Crippen LogP contribution in [0.3, 0.4) is 0 Å². The van der Waals surface area contributed by atoms with Crippen molar-refractivity contribution in [1.82, 2.24) is 9.88 Å². The van der Waals surface area contributed by atoms with Gasteiger partial charge < -0.3 is 11.1 Å². The summed E-state index contributed by atoms with van der Waals surface area (Å²) in [6.07, 6.45) is 3.80. The highest BCUT2D eigenvalue weighted by Crippen LogP contribution is 2.34. The first-order chi connectivity index (χ1) is 15.6. The van der Waals surface area contributed by atoms with Crippen molar-refractivity contribution >= 4 is 28.9 Å². The Morgan fingerprint density at radius 1 is 1.03 bits per heavy atom. The van der Waals surface area contributed by atoms with Crippen LogP contribution in [0.2, 0.25) is 0 Å². The summed E-state index contributed by atoms with van der Waals surface area (Å²) in [6.45, 7) is 2.95. The summed E-state index contributed by atoms with van der Waals surface area (Å²) in [7, 11) is 0. The molecule has 2 aliphatic rings. The number of hydrogen-bond acceptors (Lipinski definition) is 6. The normalized spacial score (nSPS) is 16.7. The molecule has 7 heteroatoms. The van der Waals surface area contributed by atoms with Crippen molar-refractivity contribution < 1.29 is 0 Å². The summed E-state index contributed by atoms with van der Waals surface area (Å²) >= 11 is 0. The zero-order valence-corrected chi connectivity index (χ0v) is 17.9. The maximum Gasteiger partial charge on any atom is 0.154 e. The van der Waals surface area contributed by atoms with Crippen molar-refractivity contribution in [2.45, 2.75) is 25.4 Å². The van der Waals surface area contributed by atoms with Gasteiger partial charge in [0.05, 0.1) is 11.4 Å². The SMILES string of the molecule is N=C(c1ccc(CN2CCC(N)CC2)cc1)N1C(=N)c2ccccc2Nc2ncccc21. The minimum absolute atomic E-state index is 0.248. The fourth-order valence-electron chi connectivity index (χ4n) is 4.34. The van der Waals surface area contributed by atoms with Crippen molar-refractivity contribution in [1.29, 1.82) is 10.8 Å². The molecule has 0 radical (unpaired) electrons. The lowest BCUT2D eigenvalue weighted by atomic mass is 10.0. The molecule has 2 aromatic carbocycles. The molecular weight excluding hydrogens is 398 g/mol. The van der Waals surface area contributed by atoms with Crippen LogP contribution in [0.25, 0.3) is 0 Å². The van der Waals surface area contributed by atoms with E-state index in [0.717, 1.165) is 49.3 Å². The molecule has 0 aliphatic carbocycles. The third kappa shape index (κ3) is 3.88. The number of aromatic nitrogens is 1. The van der Waals surface area contributed by atoms with E-state index in [2.05, 4.69) is 27.3 Å². The van der Waals surface area contributed by atoms with Crippen molar-refractivity contribution in [3.63, 3.8) is 0 Å². The average Bonchev–Trinajstić information content (AvgIpc) is 2.94. The van der Waals surface area contributed by atoms with Crippen LogP contribution in [0.15, 0.2) is 66.9 Å². The van der Waals surface area contributed by atoms with E-state index in [1.165, 1.54) is 5.56 Å². The topological polar surface area (TPSA) is 105 Å². The summed E-state index contributed by atoms with van der Waals surface area (Å²) < 4.78 is 0. The van der Waals surface area contributed by atoms with Gasteiger partial charge in [-0.25, -0.2) is 4.98 Å². The molecular formula is C25H27N7. The van der Waals surface area contributed by atoms with E-state index < -0.39 is 0 Å². The summed E-state index contributed by atoms with van der Waals surface area (Å²) in [5.41, 5.74) is 10.2. The number of para-hydroxylation sites is 1. The standard InChI is InChI=1S/C25H27N7/c26-19-11-14-31(15-12-19)16-17-7-9-18(10-8-17)23(27)32-22-6-3-13-29-25(22)30-21-5-2-1-4-20(21)24(32)28/h1-10,13,19,27-28H,11-12,14-16,26H2,(H,29,30). The molecule has 0 spiro atoms. The number of nitrogens with two attached hydrogens (primary N) is 1. The monoisotopic (exact) mass is 425 g/mol. The molecule has 1 saturated heterocycles. The van der Waals surface area contributed by atoms with Crippen molar-refractivity contribution in [2.24, 2.45) is 5.73 Å². The highest BCUT2D eigenvalue weighted by atomic mass is 15.2. The second-order valence-electron chi connectivity index (χ2n) is 8.38. The molecule has 7 nitrogen and oxygen atoms in total. The molecule has 1 aromatic heterocycles. The molecule has 3 aromatic rings. The maximum atomic E-state index is 8.97. The summed E-state index contributed by atoms with van der Waals surface area (Å²) in [4.78, 5) is 8.55. The number of likely N-dealkylation sites (tertiary alicyclic amines) is 1. The van der Waals surface area contributed by atoms with Crippen molar-refractivity contribution in [2.75, 3.05) is 23.3 Å². The Balaban J connectivity index is 1.42. The first kappa shape index (κ1) is 20.4. The fourth-order valence-corrected chi connectivity index (χ4v) is 4.34. The van der Waals surface area contributed by atoms with E-state index in [4.69, 9.17) is 16.6 Å². The van der Waals surface area contributed by atoms with Gasteiger partial charge in [0.15, 0.2) is 5.82 Å². The highest BCUT2D eigenvalue weighted by molar-refractivity contribution is 6.30. The Labute approximate surface area is 187 Å². The maximum absolute atomic E-state index is 8.97. The van der Waals surface area contributed by atoms with Gasteiger partial charge in [-0.05, 0) is 55.8 Å². The quantitative estimate of drug-likeness (QED) is 0.376. The van der Waals surface area contributed by atoms with Crippen LogP contribution in [0.1, 0.15) is 29.5 Å². The molecule has 3 heterocycles. The van der Waals surface area contributed by atoms with E-state index in [9.17, 15) is 0 Å². The molecule has 0 atom stereocenters. The number of nitrogens with zero attached hydrogens (tertiary/aromatic N) is 3. The molecule has 0 unspecified atom stereocenters. The second kappa shape index (κ2) is 8.53. The minimum atomic E-state index is 0.248. The lowest BCUT2D eigenvalue weighted by Gasteiger charge is -2.30. The van der Waals surface area contributed by atoms with Gasteiger partial charge in [-0.2, -0.15) is 0 Å². The van der Waals surface area contributed by atoms with Gasteiger partial charge in [-0.1, -0.05) is 36.4 Å². The Hall–Kier alpha value is -3.55. The van der Waals surface area contributed by atoms with Gasteiger partial charge in [0.25, 0.3) is 0 Å². The van der Waals surface area contributed by atoms with Crippen LogP contribution < -0.4 is 16.0 Å². The van der Waals surface area contributed by atoms with Crippen LogP contribution in [0.4, 0.5) is 17.2 Å². The largest absolute Gasteiger partial charge is 0.338 e. The number of fused-ring (bicyclic) bond motifs is 2. The molecule has 0 bridgehead atoms. The molecule has 5 N–H and O–H groups in total. The van der Waals surface area contributed by atoms with Gasteiger partial charge in [0.1, 0.15) is 11.7 Å². The predicted octanol–water partition coefficient (Wildman–Crippen LogP) is 3.92. The molecule has 32 heavy (non-hydrogen) atoms. The second-order valence-corrected chi connectivity index (χ2v) is 8.38. The van der Waals surface area contributed by atoms with Crippen LogP contribution in [-0.4, -0.2) is 40.7 Å². The molecule has 5 rings (SSSR count). The van der Waals surface area contributed by atoms with Crippen LogP contribution >= 0.6 is 0 Å². The first-order valence-corrected chi connectivity index (χ1v) is 11.0. The van der Waals surface area contributed by atoms with Crippen LogP contribution in [0, 0.1) is 10.8 Å². The fraction of sp³-hybridized carbons (Fsp3) is 0.240. The molecule has 0 saturated carbocycles. The summed E-state index contributed by atoms with van der Waals surface area (Å²) in [5, 5.41) is 21.2. The Kier molecular flexibility index (Phi) is 5.43. The Bertz CT molecular complexity index is 1150. The van der Waals surface area contributed by atoms with Gasteiger partial charge in [-0.15, -0.1) is 0 Å². The first-order valence-electron chi connectivity index (χ1n) is 11.0. The number of nitrogens with one attached hydrogen (secondary N) is 3. The van der Waals surface area contributed by atoms with E-state index in [0.29, 0.717) is 17.5 Å². The summed E-state index contributed by atoms with van der Waals surface area (Å²) in [5.74, 6) is 1.13. The van der Waals surface area contributed by atoms with Gasteiger partial charge in [-0.3, -0.25) is 20.6 Å². The van der Waals surface area contributed by atoms with E-state index in [-0.39, 0.29) is 11.7 Å². The zero-order chi connectivity index (χ0) is 22.1. The highest BCUT2D eigenvalue weighted by Gasteiger charge is 2.28. The van der Waals surface area contributed by atoms with E-state index in [1.807, 2.05) is 48.5 Å². The smallest absolute Gasteiger partial charge is 0.154 e. The van der Waals surface area contributed by atoms with E-state index in [1.54, 1.807) is 11.1 Å². The molecule has 1 fully saturated rings. The zero-order valence-electron chi connectivity index (χ0n) is 17.9. The number of benzene rings is 2. The summed E-state index contributed by atoms with van der Waals surface area (Å²) in [6, 6.07) is 19.8. The Morgan fingerprint density at radius 3 is 2.56 bits per heavy atom. The number of pyridine rings is 1. The molecule has 2 aliphatic heterocycles. The molecule has 162 valence electrons. The third-order valence-electron chi connectivity index (χ3n) is 6.18. The number of piperidine rings is 1. The van der Waals surface area contributed by atoms with Gasteiger partial charge >= 0.3 is 0 Å². The lowest BCUT2D eigenvalue weighted by molar-refractivity contribution is 0.205. The van der Waals surface area contributed by atoms with Crippen LogP contribution in [-0.2, 0) is 6.54 Å². The predicted molar refractivity (Wildman–Crippen MR) is 129 cm³/mol. The number of anilines is 3. The van der Waals surface area contributed by atoms with Crippen LogP contribution in [0.5, 0.6) is 0 Å². The van der Waals surface area contributed by atoms with E-state index >= 15 is 0 Å². The number of amidine groups is 2. The van der Waals surface area contributed by atoms with Crippen molar-refractivity contribution in [3.05, 3.63) is 83.6 Å². The Morgan fingerprint density at radius 2 is 1.78 bits per heavy atom. The number of hydrogen-bond donors (Lipinski definition) is 4. The molecule has 0 amide bonds. The lowest BCUT2D eigenvalue weighted by Crippen LogP contribution is -2.39. The third-order valence-corrected chi connectivity index (χ3v) is 6.18. The van der Waals surface area contributed by atoms with Gasteiger partial charge in [0, 0.05) is 29.9 Å². The number of rotatable bonds is 3. The average molecular weight is 426 g/mol. The van der Waals surface area contributed by atoms with Gasteiger partial charge in [0.2, 0.25) is 0 Å². The van der Waals surface area contributed by atoms with Crippen molar-refractivity contribution in [3.8, 4) is 0 Å².